The molecule has 0 aliphatic heterocycles. The quantitative estimate of drug-likeness (QED) is 0.712. The highest BCUT2D eigenvalue weighted by molar-refractivity contribution is 5.76. The first-order chi connectivity index (χ1) is 7.67. The number of nitrogens with one attached hydrogen (secondary N) is 1. The number of nitrogens with zero attached hydrogens (tertiary/aromatic N) is 4. The molecule has 0 spiro atoms. The van der Waals surface area contributed by atoms with E-state index >= 15 is 0 Å². The van der Waals surface area contributed by atoms with E-state index in [0.717, 1.165) is 0 Å². The van der Waals surface area contributed by atoms with Crippen molar-refractivity contribution >= 4 is 5.91 Å². The second kappa shape index (κ2) is 5.82. The second-order valence-electron chi connectivity index (χ2n) is 3.32. The smallest absolute Gasteiger partial charge is 0.240 e. The first kappa shape index (κ1) is 12.1. The zero-order valence-corrected chi connectivity index (χ0v) is 9.17. The predicted octanol–water partition coefficient (Wildman–Crippen LogP) is -0.699. The largest absolute Gasteiger partial charge is 0.383 e. The molecule has 0 aliphatic rings. The number of methoxy groups -OCH3 is 1. The fourth-order valence-corrected chi connectivity index (χ4v) is 1.22. The first-order valence-electron chi connectivity index (χ1n) is 4.73. The fourth-order valence-electron chi connectivity index (χ4n) is 1.22. The summed E-state index contributed by atoms with van der Waals surface area (Å²) in [6.45, 7) is 2.31. The number of carbonyl (C=O) groups is 1. The van der Waals surface area contributed by atoms with Gasteiger partial charge in [0.2, 0.25) is 11.7 Å². The summed E-state index contributed by atoms with van der Waals surface area (Å²) in [7, 11) is 1.57. The second-order valence-corrected chi connectivity index (χ2v) is 3.32. The third kappa shape index (κ3) is 3.33. The topological polar surface area (TPSA) is 92.8 Å². The van der Waals surface area contributed by atoms with Gasteiger partial charge in [-0.3, -0.25) is 9.36 Å². The van der Waals surface area contributed by atoms with Gasteiger partial charge in [0.25, 0.3) is 0 Å². The molecule has 1 atom stereocenters. The molecule has 1 unspecified atom stereocenters. The van der Waals surface area contributed by atoms with Crippen LogP contribution >= 0.6 is 0 Å². The number of rotatable bonds is 5. The molecule has 86 valence electrons. The molecule has 1 aromatic heterocycles. The summed E-state index contributed by atoms with van der Waals surface area (Å²) >= 11 is 0. The summed E-state index contributed by atoms with van der Waals surface area (Å²) in [6.07, 6.45) is 1.35. The summed E-state index contributed by atoms with van der Waals surface area (Å²) in [5.41, 5.74) is 0. The van der Waals surface area contributed by atoms with Gasteiger partial charge in [-0.05, 0) is 6.92 Å². The van der Waals surface area contributed by atoms with Crippen molar-refractivity contribution in [2.75, 3.05) is 13.7 Å². The highest BCUT2D eigenvalue weighted by Gasteiger charge is 2.10. The van der Waals surface area contributed by atoms with Gasteiger partial charge in [-0.1, -0.05) is 0 Å². The molecule has 1 rings (SSSR count). The lowest BCUT2D eigenvalue weighted by Gasteiger charge is -2.12. The van der Waals surface area contributed by atoms with Crippen molar-refractivity contribution in [3.05, 3.63) is 12.2 Å². The summed E-state index contributed by atoms with van der Waals surface area (Å²) in [4.78, 5) is 11.5. The van der Waals surface area contributed by atoms with Crippen molar-refractivity contribution in [1.82, 2.24) is 20.1 Å². The Morgan fingerprint density at radius 2 is 2.56 bits per heavy atom. The summed E-state index contributed by atoms with van der Waals surface area (Å²) in [6, 6.07) is 1.77. The number of hydrogen-bond acceptors (Lipinski definition) is 5. The van der Waals surface area contributed by atoms with Gasteiger partial charge in [0, 0.05) is 13.2 Å². The third-order valence-corrected chi connectivity index (χ3v) is 1.85. The van der Waals surface area contributed by atoms with Crippen LogP contribution < -0.4 is 5.32 Å². The molecule has 1 aromatic rings. The minimum Gasteiger partial charge on any atom is -0.383 e. The molecule has 1 N–H and O–H groups in total. The Labute approximate surface area is 93.0 Å². The van der Waals surface area contributed by atoms with E-state index in [1.165, 1.54) is 10.9 Å². The predicted molar refractivity (Wildman–Crippen MR) is 54.2 cm³/mol. The van der Waals surface area contributed by atoms with Crippen LogP contribution in [0.25, 0.3) is 0 Å². The molecule has 0 bridgehead atoms. The lowest BCUT2D eigenvalue weighted by Crippen LogP contribution is -2.37. The van der Waals surface area contributed by atoms with Crippen LogP contribution in [0.5, 0.6) is 0 Å². The maximum Gasteiger partial charge on any atom is 0.240 e. The lowest BCUT2D eigenvalue weighted by atomic mass is 10.3. The highest BCUT2D eigenvalue weighted by Crippen LogP contribution is 1.93. The zero-order valence-electron chi connectivity index (χ0n) is 9.17. The molecule has 7 nitrogen and oxygen atoms in total. The van der Waals surface area contributed by atoms with Crippen LogP contribution in [0, 0.1) is 11.3 Å². The van der Waals surface area contributed by atoms with Crippen molar-refractivity contribution < 1.29 is 9.53 Å². The van der Waals surface area contributed by atoms with E-state index in [2.05, 4.69) is 15.5 Å². The number of aromatic nitrogens is 3. The Hall–Kier alpha value is -1.94. The van der Waals surface area contributed by atoms with Gasteiger partial charge < -0.3 is 10.1 Å². The molecule has 16 heavy (non-hydrogen) atoms. The van der Waals surface area contributed by atoms with Gasteiger partial charge in [-0.15, -0.1) is 10.2 Å². The zero-order chi connectivity index (χ0) is 12.0. The van der Waals surface area contributed by atoms with Crippen molar-refractivity contribution in [3.63, 3.8) is 0 Å². The van der Waals surface area contributed by atoms with Gasteiger partial charge in [0.1, 0.15) is 18.9 Å². The SMILES string of the molecule is COCC(C)NC(=O)Cn1cnnc1C#N. The average Bonchev–Trinajstić information content (AvgIpc) is 2.65. The summed E-state index contributed by atoms with van der Waals surface area (Å²) in [5, 5.41) is 18.5. The van der Waals surface area contributed by atoms with Crippen LogP contribution in [-0.2, 0) is 16.1 Å². The van der Waals surface area contributed by atoms with E-state index in [9.17, 15) is 4.79 Å². The summed E-state index contributed by atoms with van der Waals surface area (Å²) in [5.74, 6) is -0.0876. The molecular weight excluding hydrogens is 210 g/mol. The Morgan fingerprint density at radius 3 is 3.19 bits per heavy atom. The van der Waals surface area contributed by atoms with Crippen LogP contribution in [0.1, 0.15) is 12.7 Å². The van der Waals surface area contributed by atoms with Crippen molar-refractivity contribution in [3.8, 4) is 6.07 Å². The van der Waals surface area contributed by atoms with Crippen LogP contribution in [-0.4, -0.2) is 40.4 Å². The first-order valence-corrected chi connectivity index (χ1v) is 4.73. The standard InChI is InChI=1S/C9H13N5O2/c1-7(5-16-2)12-9(15)4-14-6-11-13-8(14)3-10/h6-7H,4-5H2,1-2H3,(H,12,15). The molecule has 7 heteroatoms. The van der Waals surface area contributed by atoms with E-state index in [1.54, 1.807) is 7.11 Å². The van der Waals surface area contributed by atoms with Crippen molar-refractivity contribution in [2.45, 2.75) is 19.5 Å². The van der Waals surface area contributed by atoms with Crippen LogP contribution in [0.15, 0.2) is 6.33 Å². The van der Waals surface area contributed by atoms with Gasteiger partial charge in [-0.2, -0.15) is 5.26 Å². The minimum atomic E-state index is -0.208. The Bertz CT molecular complexity index is 395. The number of ether oxygens (including phenoxy) is 1. The average molecular weight is 223 g/mol. The molecule has 0 saturated heterocycles. The molecule has 1 amide bonds. The monoisotopic (exact) mass is 223 g/mol. The van der Waals surface area contributed by atoms with Crippen LogP contribution in [0.2, 0.25) is 0 Å². The molecule has 1 heterocycles. The van der Waals surface area contributed by atoms with Crippen molar-refractivity contribution in [1.29, 1.82) is 5.26 Å². The van der Waals surface area contributed by atoms with E-state index in [4.69, 9.17) is 10.00 Å². The Kier molecular flexibility index (Phi) is 4.42. The van der Waals surface area contributed by atoms with Gasteiger partial charge >= 0.3 is 0 Å². The minimum absolute atomic E-state index is 0.0317. The molecule has 0 saturated carbocycles. The van der Waals surface area contributed by atoms with Crippen molar-refractivity contribution in [2.24, 2.45) is 0 Å². The Balaban J connectivity index is 2.49. The molecule has 0 aliphatic carbocycles. The van der Waals surface area contributed by atoms with Gasteiger partial charge in [0.15, 0.2) is 0 Å². The molecule has 0 radical (unpaired) electrons. The fraction of sp³-hybridized carbons (Fsp3) is 0.556. The van der Waals surface area contributed by atoms with Gasteiger partial charge in [-0.25, -0.2) is 0 Å². The number of amides is 1. The van der Waals surface area contributed by atoms with Gasteiger partial charge in [0.05, 0.1) is 6.61 Å². The highest BCUT2D eigenvalue weighted by atomic mass is 16.5. The Morgan fingerprint density at radius 1 is 1.81 bits per heavy atom. The van der Waals surface area contributed by atoms with Crippen LogP contribution in [0.3, 0.4) is 0 Å². The maximum atomic E-state index is 11.5. The van der Waals surface area contributed by atoms with Crippen LogP contribution in [0.4, 0.5) is 0 Å². The van der Waals surface area contributed by atoms with E-state index < -0.39 is 0 Å². The number of nitriles is 1. The normalized spacial score (nSPS) is 11.8. The maximum absolute atomic E-state index is 11.5. The number of hydrogen-bond donors (Lipinski definition) is 1. The number of carbonyl (C=O) groups excluding carboxylic acids is 1. The van der Waals surface area contributed by atoms with E-state index in [-0.39, 0.29) is 24.3 Å². The molecule has 0 aromatic carbocycles. The third-order valence-electron chi connectivity index (χ3n) is 1.85. The lowest BCUT2D eigenvalue weighted by molar-refractivity contribution is -0.122. The molecule has 0 fully saturated rings. The summed E-state index contributed by atoms with van der Waals surface area (Å²) < 4.78 is 6.27. The van der Waals surface area contributed by atoms with E-state index in [1.807, 2.05) is 13.0 Å². The molecular formula is C9H13N5O2. The van der Waals surface area contributed by atoms with E-state index in [0.29, 0.717) is 6.61 Å².